The summed E-state index contributed by atoms with van der Waals surface area (Å²) in [5.41, 5.74) is 11.0. The lowest BCUT2D eigenvalue weighted by atomic mass is 9.81. The maximum absolute atomic E-state index is 15.1. The number of nitrogens with zero attached hydrogens (tertiary/aromatic N) is 2. The highest BCUT2D eigenvalue weighted by Gasteiger charge is 2.39. The monoisotopic (exact) mass is 790 g/mol. The zero-order chi connectivity index (χ0) is 40.6. The average molecular weight is 791 g/mol. The highest BCUT2D eigenvalue weighted by atomic mass is 28.3. The Morgan fingerprint density at radius 3 is 1.64 bits per heavy atom. The second-order valence-corrected chi connectivity index (χ2v) is 28.5. The molecule has 0 spiro atoms. The fourth-order valence-electron chi connectivity index (χ4n) is 9.17. The van der Waals surface area contributed by atoms with Gasteiger partial charge in [0.25, 0.3) is 0 Å². The molecular weight excluding hydrogens is 740 g/mol. The summed E-state index contributed by atoms with van der Waals surface area (Å²) in [5.74, 6) is -0.252. The van der Waals surface area contributed by atoms with Crippen LogP contribution in [0.4, 0.5) is 38.5 Å². The summed E-state index contributed by atoms with van der Waals surface area (Å²) in [4.78, 5) is 4.69. The van der Waals surface area contributed by atoms with Gasteiger partial charge < -0.3 is 9.80 Å². The maximum atomic E-state index is 15.1. The minimum Gasteiger partial charge on any atom is -0.310 e. The van der Waals surface area contributed by atoms with E-state index in [2.05, 4.69) is 202 Å². The Hall–Kier alpha value is -5.76. The van der Waals surface area contributed by atoms with Crippen molar-refractivity contribution in [3.8, 4) is 11.1 Å². The molecule has 9 rings (SSSR count). The van der Waals surface area contributed by atoms with Crippen LogP contribution in [-0.2, 0) is 5.41 Å². The van der Waals surface area contributed by atoms with Gasteiger partial charge in [-0.05, 0) is 99.8 Å². The molecule has 0 bridgehead atoms. The summed E-state index contributed by atoms with van der Waals surface area (Å²) in [6.07, 6.45) is 0. The molecule has 58 heavy (non-hydrogen) atoms. The number of para-hydroxylation sites is 1. The summed E-state index contributed by atoms with van der Waals surface area (Å²) < 4.78 is 15.1. The Morgan fingerprint density at radius 2 is 0.983 bits per heavy atom. The molecule has 0 N–H and O–H groups in total. The zero-order valence-corrected chi connectivity index (χ0v) is 36.9. The van der Waals surface area contributed by atoms with Crippen molar-refractivity contribution in [1.29, 1.82) is 0 Å². The molecular formula is C53H51FN2Si2. The first kappa shape index (κ1) is 37.8. The third-order valence-electron chi connectivity index (χ3n) is 12.2. The van der Waals surface area contributed by atoms with Gasteiger partial charge in [0, 0.05) is 38.9 Å². The van der Waals surface area contributed by atoms with Crippen molar-refractivity contribution in [2.75, 3.05) is 9.80 Å². The lowest BCUT2D eigenvalue weighted by molar-refractivity contribution is 0.628. The van der Waals surface area contributed by atoms with Gasteiger partial charge >= 0.3 is 0 Å². The van der Waals surface area contributed by atoms with Crippen LogP contribution >= 0.6 is 0 Å². The van der Waals surface area contributed by atoms with Gasteiger partial charge in [-0.15, -0.1) is 0 Å². The molecule has 0 radical (unpaired) electrons. The number of rotatable bonds is 8. The smallest absolute Gasteiger partial charge is 0.125 e. The van der Waals surface area contributed by atoms with Crippen LogP contribution < -0.4 is 20.2 Å². The average Bonchev–Trinajstić information content (AvgIpc) is 3.43. The first-order chi connectivity index (χ1) is 27.7. The van der Waals surface area contributed by atoms with Crippen LogP contribution in [0.1, 0.15) is 25.0 Å². The molecule has 1 aliphatic rings. The normalized spacial score (nSPS) is 13.4. The van der Waals surface area contributed by atoms with Crippen molar-refractivity contribution in [2.24, 2.45) is 0 Å². The molecule has 0 fully saturated rings. The minimum atomic E-state index is -1.61. The van der Waals surface area contributed by atoms with E-state index in [4.69, 9.17) is 0 Å². The van der Waals surface area contributed by atoms with Crippen LogP contribution in [0, 0.1) is 5.82 Å². The molecule has 0 aliphatic heterocycles. The first-order valence-electron chi connectivity index (χ1n) is 20.5. The Morgan fingerprint density at radius 1 is 0.431 bits per heavy atom. The second-order valence-electron chi connectivity index (χ2n) is 18.4. The molecule has 0 aromatic heterocycles. The largest absolute Gasteiger partial charge is 0.310 e. The van der Waals surface area contributed by atoms with E-state index in [9.17, 15) is 0 Å². The van der Waals surface area contributed by atoms with Crippen molar-refractivity contribution < 1.29 is 4.39 Å². The molecule has 8 aromatic rings. The van der Waals surface area contributed by atoms with E-state index in [1.165, 1.54) is 60.5 Å². The Bertz CT molecular complexity index is 2850. The van der Waals surface area contributed by atoms with Crippen molar-refractivity contribution >= 4 is 82.2 Å². The van der Waals surface area contributed by atoms with Crippen molar-refractivity contribution in [1.82, 2.24) is 0 Å². The zero-order valence-electron chi connectivity index (χ0n) is 34.9. The van der Waals surface area contributed by atoms with E-state index < -0.39 is 16.1 Å². The predicted molar refractivity (Wildman–Crippen MR) is 254 cm³/mol. The Balaban J connectivity index is 1.25. The third-order valence-corrected chi connectivity index (χ3v) is 16.3. The van der Waals surface area contributed by atoms with Gasteiger partial charge in [-0.25, -0.2) is 4.39 Å². The van der Waals surface area contributed by atoms with Gasteiger partial charge in [0.05, 0.1) is 27.5 Å². The molecule has 0 unspecified atom stereocenters. The molecule has 288 valence electrons. The fraction of sp³-hybridized carbons (Fsp3) is 0.170. The van der Waals surface area contributed by atoms with Gasteiger partial charge in [0.15, 0.2) is 0 Å². The van der Waals surface area contributed by atoms with Gasteiger partial charge in [0.2, 0.25) is 0 Å². The molecule has 2 nitrogen and oxygen atoms in total. The van der Waals surface area contributed by atoms with Crippen molar-refractivity contribution in [3.63, 3.8) is 0 Å². The lowest BCUT2D eigenvalue weighted by Gasteiger charge is -2.31. The van der Waals surface area contributed by atoms with Crippen LogP contribution in [0.5, 0.6) is 0 Å². The summed E-state index contributed by atoms with van der Waals surface area (Å²) >= 11 is 0. The number of halogens is 1. The highest BCUT2D eigenvalue weighted by molar-refractivity contribution is 6.90. The summed E-state index contributed by atoms with van der Waals surface area (Å²) in [5, 5.41) is 7.81. The second kappa shape index (κ2) is 14.0. The van der Waals surface area contributed by atoms with Gasteiger partial charge in [-0.1, -0.05) is 161 Å². The summed E-state index contributed by atoms with van der Waals surface area (Å²) in [7, 11) is -3.15. The van der Waals surface area contributed by atoms with Crippen LogP contribution in [0.15, 0.2) is 164 Å². The summed E-state index contributed by atoms with van der Waals surface area (Å²) in [6, 6.07) is 58.6. The van der Waals surface area contributed by atoms with E-state index in [0.29, 0.717) is 0 Å². The van der Waals surface area contributed by atoms with E-state index in [1.54, 1.807) is 6.07 Å². The number of benzene rings is 8. The van der Waals surface area contributed by atoms with Crippen molar-refractivity contribution in [2.45, 2.75) is 58.5 Å². The van der Waals surface area contributed by atoms with E-state index in [1.807, 2.05) is 12.1 Å². The van der Waals surface area contributed by atoms with E-state index in [0.717, 1.165) is 33.8 Å². The number of hydrogen-bond acceptors (Lipinski definition) is 2. The first-order valence-corrected chi connectivity index (χ1v) is 27.5. The van der Waals surface area contributed by atoms with Crippen molar-refractivity contribution in [3.05, 3.63) is 181 Å². The molecule has 5 heteroatoms. The fourth-order valence-corrected chi connectivity index (χ4v) is 11.9. The van der Waals surface area contributed by atoms with Gasteiger partial charge in [-0.3, -0.25) is 0 Å². The Labute approximate surface area is 345 Å². The van der Waals surface area contributed by atoms with Crippen LogP contribution in [-0.4, -0.2) is 16.1 Å². The molecule has 1 aliphatic carbocycles. The summed E-state index contributed by atoms with van der Waals surface area (Å²) in [6.45, 7) is 19.1. The standard InChI is InChI=1S/C53H51FN2Si2/c1-53(2)47-34-40(55(37-18-10-9-11-19-37)49-31-32-51(58(6,7)8)44-23-14-12-21-42(44)49)27-30-46(47)52-45-24-15-13-22-43(45)50(35-48(52)53)56(39-20-16-17-36(54)33-39)38-25-28-41(29-26-38)57(3,4)5/h9-35H,1-8H3. The highest BCUT2D eigenvalue weighted by Crippen LogP contribution is 2.56. The molecule has 0 saturated heterocycles. The van der Waals surface area contributed by atoms with E-state index >= 15 is 4.39 Å². The van der Waals surface area contributed by atoms with E-state index in [-0.39, 0.29) is 11.2 Å². The number of anilines is 6. The molecule has 0 atom stereocenters. The van der Waals surface area contributed by atoms with Gasteiger partial charge in [-0.2, -0.15) is 0 Å². The molecule has 0 amide bonds. The maximum Gasteiger partial charge on any atom is 0.125 e. The predicted octanol–water partition coefficient (Wildman–Crippen LogP) is 14.5. The van der Waals surface area contributed by atoms with Crippen LogP contribution in [0.25, 0.3) is 32.7 Å². The third kappa shape index (κ3) is 6.38. The quantitative estimate of drug-likeness (QED) is 0.141. The minimum absolute atomic E-state index is 0.252. The molecule has 0 saturated carbocycles. The van der Waals surface area contributed by atoms with Crippen LogP contribution in [0.2, 0.25) is 39.3 Å². The number of hydrogen-bond donors (Lipinski definition) is 0. The molecule has 8 aromatic carbocycles. The van der Waals surface area contributed by atoms with Crippen LogP contribution in [0.3, 0.4) is 0 Å². The Kier molecular flexibility index (Phi) is 9.10. The SMILES string of the molecule is CC1(C)c2cc(N(c3ccccc3)c3ccc([Si](C)(C)C)c4ccccc34)ccc2-c2c1cc(N(c1ccc([Si](C)(C)C)cc1)c1cccc(F)c1)c1ccccc21. The number of fused-ring (bicyclic) bond motifs is 6. The lowest BCUT2D eigenvalue weighted by Crippen LogP contribution is -2.38. The van der Waals surface area contributed by atoms with Gasteiger partial charge in [0.1, 0.15) is 5.82 Å². The molecule has 0 heterocycles. The topological polar surface area (TPSA) is 6.48 Å².